The summed E-state index contributed by atoms with van der Waals surface area (Å²) >= 11 is 5.91. The van der Waals surface area contributed by atoms with Crippen molar-refractivity contribution >= 4 is 39.3 Å². The lowest BCUT2D eigenvalue weighted by Crippen LogP contribution is -2.42. The Bertz CT molecular complexity index is 1520. The van der Waals surface area contributed by atoms with Crippen molar-refractivity contribution in [3.05, 3.63) is 63.2 Å². The molecule has 37 heavy (non-hydrogen) atoms. The molecule has 5 heterocycles. The second-order valence-corrected chi connectivity index (χ2v) is 10.2. The fourth-order valence-corrected chi connectivity index (χ4v) is 5.49. The Morgan fingerprint density at radius 2 is 1.89 bits per heavy atom. The molecule has 6 rings (SSSR count). The van der Waals surface area contributed by atoms with Crippen molar-refractivity contribution in [3.63, 3.8) is 0 Å². The summed E-state index contributed by atoms with van der Waals surface area (Å²) < 4.78 is 13.5. The van der Waals surface area contributed by atoms with E-state index in [9.17, 15) is 9.59 Å². The quantitative estimate of drug-likeness (QED) is 0.430. The molecule has 0 radical (unpaired) electrons. The number of piperidine rings is 1. The van der Waals surface area contributed by atoms with Gasteiger partial charge in [-0.05, 0) is 43.5 Å². The molecule has 1 amide bonds. The number of likely N-dealkylation sites (tertiary alicyclic amines) is 1. The summed E-state index contributed by atoms with van der Waals surface area (Å²) in [5.74, 6) is 0.526. The smallest absolute Gasteiger partial charge is 0.259 e. The van der Waals surface area contributed by atoms with Gasteiger partial charge in [0.25, 0.3) is 11.5 Å². The summed E-state index contributed by atoms with van der Waals surface area (Å²) in [6, 6.07) is 7.49. The number of pyridine rings is 2. The molecule has 0 unspecified atom stereocenters. The number of aryl methyl sites for hydroxylation is 1. The third-order valence-corrected chi connectivity index (χ3v) is 7.62. The highest BCUT2D eigenvalue weighted by Crippen LogP contribution is 2.30. The maximum Gasteiger partial charge on any atom is 0.259 e. The van der Waals surface area contributed by atoms with Gasteiger partial charge in [0.2, 0.25) is 5.88 Å². The van der Waals surface area contributed by atoms with Gasteiger partial charge in [-0.3, -0.25) is 14.3 Å². The lowest BCUT2D eigenvalue weighted by molar-refractivity contribution is 0.0587. The van der Waals surface area contributed by atoms with E-state index in [0.29, 0.717) is 53.7 Å². The molecule has 3 aromatic heterocycles. The Hall–Kier alpha value is -3.43. The topological polar surface area (TPSA) is 102 Å². The Labute approximate surface area is 218 Å². The molecule has 192 valence electrons. The first-order valence-electron chi connectivity index (χ1n) is 12.7. The number of nitrogens with one attached hydrogen (secondary N) is 1. The fraction of sp³-hybridized carbons (Fsp3) is 0.407. The third kappa shape index (κ3) is 4.57. The third-order valence-electron chi connectivity index (χ3n) is 7.39. The van der Waals surface area contributed by atoms with E-state index in [1.54, 1.807) is 24.5 Å². The van der Waals surface area contributed by atoms with Crippen LogP contribution in [0, 0.1) is 6.92 Å². The van der Waals surface area contributed by atoms with Crippen LogP contribution in [-0.2, 0) is 4.74 Å². The molecule has 10 heteroatoms. The van der Waals surface area contributed by atoms with Crippen LogP contribution < -0.4 is 10.3 Å². The number of aromatic amines is 1. The summed E-state index contributed by atoms with van der Waals surface area (Å²) in [7, 11) is 0. The molecule has 0 atom stereocenters. The molecule has 4 aromatic rings. The molecule has 9 nitrogen and oxygen atoms in total. The van der Waals surface area contributed by atoms with E-state index < -0.39 is 0 Å². The number of fused-ring (bicyclic) bond motifs is 3. The number of H-pyrrole nitrogens is 1. The molecule has 2 aliphatic heterocycles. The van der Waals surface area contributed by atoms with Gasteiger partial charge in [-0.1, -0.05) is 11.6 Å². The van der Waals surface area contributed by atoms with Crippen LogP contribution in [0.2, 0.25) is 5.02 Å². The molecule has 0 saturated carbocycles. The number of nitrogens with zero attached hydrogens (tertiary/aromatic N) is 4. The normalized spacial score (nSPS) is 17.5. The van der Waals surface area contributed by atoms with Crippen LogP contribution >= 0.6 is 11.6 Å². The van der Waals surface area contributed by atoms with Crippen molar-refractivity contribution in [2.75, 3.05) is 26.3 Å². The standard InChI is InChI=1S/C27H28ClN5O4/c1-16-12-23-21(25-22(26(34)31-23)15-30-33(25)18-6-10-36-11-7-18)13-20(16)27(35)32-8-4-19(5-9-32)37-24-3-2-17(28)14-29-24/h2-3,12-15,18-19H,4-11H2,1H3,(H,31,34). The number of ether oxygens (including phenoxy) is 2. The Morgan fingerprint density at radius 1 is 1.11 bits per heavy atom. The highest BCUT2D eigenvalue weighted by atomic mass is 35.5. The number of amides is 1. The number of carbonyl (C=O) groups excluding carboxylic acids is 1. The van der Waals surface area contributed by atoms with Gasteiger partial charge in [-0.2, -0.15) is 5.10 Å². The van der Waals surface area contributed by atoms with E-state index in [-0.39, 0.29) is 23.6 Å². The van der Waals surface area contributed by atoms with Crippen molar-refractivity contribution in [3.8, 4) is 5.88 Å². The van der Waals surface area contributed by atoms with Crippen LogP contribution in [0.15, 0.2) is 41.5 Å². The molecule has 2 saturated heterocycles. The summed E-state index contributed by atoms with van der Waals surface area (Å²) in [5.41, 5.74) is 2.79. The minimum atomic E-state index is -0.170. The van der Waals surface area contributed by atoms with Gasteiger partial charge in [-0.15, -0.1) is 0 Å². The fourth-order valence-electron chi connectivity index (χ4n) is 5.38. The van der Waals surface area contributed by atoms with Gasteiger partial charge in [0.05, 0.1) is 33.7 Å². The van der Waals surface area contributed by atoms with E-state index in [1.807, 2.05) is 28.6 Å². The van der Waals surface area contributed by atoms with E-state index in [4.69, 9.17) is 21.1 Å². The SMILES string of the molecule is Cc1cc2[nH]c(=O)c3cnn(C4CCOCC4)c3c2cc1C(=O)N1CCC(Oc2ccc(Cl)cn2)CC1. The molecule has 0 aliphatic carbocycles. The first-order valence-corrected chi connectivity index (χ1v) is 13.0. The minimum absolute atomic E-state index is 0.00560. The zero-order chi connectivity index (χ0) is 25.5. The Morgan fingerprint density at radius 3 is 2.62 bits per heavy atom. The van der Waals surface area contributed by atoms with Gasteiger partial charge < -0.3 is 19.4 Å². The van der Waals surface area contributed by atoms with Gasteiger partial charge in [0.15, 0.2) is 0 Å². The van der Waals surface area contributed by atoms with Gasteiger partial charge in [0.1, 0.15) is 6.10 Å². The first kappa shape index (κ1) is 23.9. The highest BCUT2D eigenvalue weighted by molar-refractivity contribution is 6.30. The molecule has 1 N–H and O–H groups in total. The van der Waals surface area contributed by atoms with Crippen molar-refractivity contribution in [1.82, 2.24) is 24.6 Å². The summed E-state index contributed by atoms with van der Waals surface area (Å²) in [4.78, 5) is 35.5. The second-order valence-electron chi connectivity index (χ2n) is 9.79. The molecule has 0 bridgehead atoms. The lowest BCUT2D eigenvalue weighted by Gasteiger charge is -2.32. The zero-order valence-electron chi connectivity index (χ0n) is 20.6. The monoisotopic (exact) mass is 521 g/mol. The minimum Gasteiger partial charge on any atom is -0.474 e. The predicted octanol–water partition coefficient (Wildman–Crippen LogP) is 4.27. The average Bonchev–Trinajstić information content (AvgIpc) is 3.37. The number of aromatic nitrogens is 4. The van der Waals surface area contributed by atoms with Crippen LogP contribution in [-0.4, -0.2) is 63.0 Å². The largest absolute Gasteiger partial charge is 0.474 e. The van der Waals surface area contributed by atoms with Crippen molar-refractivity contribution < 1.29 is 14.3 Å². The maximum atomic E-state index is 13.6. The second kappa shape index (κ2) is 9.79. The zero-order valence-corrected chi connectivity index (χ0v) is 21.3. The summed E-state index contributed by atoms with van der Waals surface area (Å²) in [5, 5.41) is 6.52. The van der Waals surface area contributed by atoms with Crippen molar-refractivity contribution in [2.24, 2.45) is 0 Å². The average molecular weight is 522 g/mol. The van der Waals surface area contributed by atoms with E-state index in [0.717, 1.165) is 42.1 Å². The van der Waals surface area contributed by atoms with E-state index >= 15 is 0 Å². The number of benzene rings is 1. The molecule has 2 fully saturated rings. The number of carbonyl (C=O) groups is 1. The number of hydrogen-bond donors (Lipinski definition) is 1. The maximum absolute atomic E-state index is 13.6. The van der Waals surface area contributed by atoms with Crippen LogP contribution in [0.5, 0.6) is 5.88 Å². The number of halogens is 1. The molecular formula is C27H28ClN5O4. The first-order chi connectivity index (χ1) is 18.0. The summed E-state index contributed by atoms with van der Waals surface area (Å²) in [6.07, 6.45) is 6.30. The summed E-state index contributed by atoms with van der Waals surface area (Å²) in [6.45, 7) is 4.44. The highest BCUT2D eigenvalue weighted by Gasteiger charge is 2.27. The van der Waals surface area contributed by atoms with E-state index in [2.05, 4.69) is 15.1 Å². The predicted molar refractivity (Wildman–Crippen MR) is 140 cm³/mol. The Balaban J connectivity index is 1.28. The lowest BCUT2D eigenvalue weighted by atomic mass is 10.0. The van der Waals surface area contributed by atoms with Crippen molar-refractivity contribution in [1.29, 1.82) is 0 Å². The van der Waals surface area contributed by atoms with Gasteiger partial charge in [0, 0.05) is 62.4 Å². The van der Waals surface area contributed by atoms with Crippen LogP contribution in [0.25, 0.3) is 21.8 Å². The molecular weight excluding hydrogens is 494 g/mol. The van der Waals surface area contributed by atoms with Crippen molar-refractivity contribution in [2.45, 2.75) is 44.8 Å². The molecule has 0 spiro atoms. The molecule has 1 aromatic carbocycles. The van der Waals surface area contributed by atoms with Crippen LogP contribution in [0.3, 0.4) is 0 Å². The number of hydrogen-bond acceptors (Lipinski definition) is 6. The van der Waals surface area contributed by atoms with Gasteiger partial charge in [-0.25, -0.2) is 4.98 Å². The van der Waals surface area contributed by atoms with E-state index in [1.165, 1.54) is 0 Å². The van der Waals surface area contributed by atoms with Crippen LogP contribution in [0.1, 0.15) is 47.6 Å². The van der Waals surface area contributed by atoms with Crippen LogP contribution in [0.4, 0.5) is 0 Å². The Kier molecular flexibility index (Phi) is 6.34. The van der Waals surface area contributed by atoms with Gasteiger partial charge >= 0.3 is 0 Å². The molecule has 2 aliphatic rings. The number of rotatable bonds is 4.